The van der Waals surface area contributed by atoms with Crippen molar-refractivity contribution in [2.45, 2.75) is 29.8 Å². The summed E-state index contributed by atoms with van der Waals surface area (Å²) in [6.07, 6.45) is -0.377. The fraction of sp³-hybridized carbons (Fsp3) is 0.900. The fourth-order valence-electron chi connectivity index (χ4n) is 1.78. The molecule has 94 valence electrons. The van der Waals surface area contributed by atoms with Crippen LogP contribution in [0.4, 0.5) is 0 Å². The minimum atomic E-state index is -0.326. The van der Waals surface area contributed by atoms with Crippen LogP contribution in [0.25, 0.3) is 0 Å². The number of thioether (sulfide) groups is 1. The summed E-state index contributed by atoms with van der Waals surface area (Å²) in [5.41, 5.74) is -0.326. The summed E-state index contributed by atoms with van der Waals surface area (Å²) in [5, 5.41) is 0.115. The zero-order chi connectivity index (χ0) is 12.1. The van der Waals surface area contributed by atoms with Crippen molar-refractivity contribution >= 4 is 17.7 Å². The molecule has 0 aromatic rings. The van der Waals surface area contributed by atoms with Crippen LogP contribution in [-0.2, 0) is 23.7 Å². The molecule has 1 saturated heterocycles. The minimum Gasteiger partial charge on any atom is -0.449 e. The maximum atomic E-state index is 11.0. The SMILES string of the molecule is COC[C@H]1SC(OC(C)=O)[C@@H](OC)[C@H]1OC. The number of ether oxygens (including phenoxy) is 4. The second-order valence-electron chi connectivity index (χ2n) is 3.51. The maximum Gasteiger partial charge on any atom is 0.303 e. The van der Waals surface area contributed by atoms with Gasteiger partial charge in [-0.25, -0.2) is 0 Å². The molecule has 1 heterocycles. The van der Waals surface area contributed by atoms with Crippen LogP contribution in [0.1, 0.15) is 6.92 Å². The van der Waals surface area contributed by atoms with E-state index in [1.165, 1.54) is 18.7 Å². The molecular formula is C10H18O5S. The second kappa shape index (κ2) is 6.44. The molecule has 0 aromatic carbocycles. The predicted octanol–water partition coefficient (Wildman–Crippen LogP) is 0.667. The molecule has 0 saturated carbocycles. The van der Waals surface area contributed by atoms with E-state index in [-0.39, 0.29) is 28.9 Å². The molecule has 1 rings (SSSR count). The van der Waals surface area contributed by atoms with E-state index in [9.17, 15) is 4.79 Å². The number of rotatable bonds is 5. The number of hydrogen-bond donors (Lipinski definition) is 0. The first-order valence-electron chi connectivity index (χ1n) is 5.01. The van der Waals surface area contributed by atoms with Crippen LogP contribution >= 0.6 is 11.8 Å². The van der Waals surface area contributed by atoms with Crippen LogP contribution in [0.2, 0.25) is 0 Å². The standard InChI is InChI=1S/C10H18O5S/c1-6(11)15-10-9(14-4)8(13-3)7(16-10)5-12-2/h7-10H,5H2,1-4H3/t7-,8+,9+,10?/m1/s1. The van der Waals surface area contributed by atoms with Gasteiger partial charge in [-0.1, -0.05) is 0 Å². The van der Waals surface area contributed by atoms with Crippen molar-refractivity contribution in [2.75, 3.05) is 27.9 Å². The number of carbonyl (C=O) groups is 1. The monoisotopic (exact) mass is 250 g/mol. The van der Waals surface area contributed by atoms with Crippen molar-refractivity contribution in [3.05, 3.63) is 0 Å². The third-order valence-corrected chi connectivity index (χ3v) is 3.81. The molecule has 0 aliphatic carbocycles. The van der Waals surface area contributed by atoms with Gasteiger partial charge in [-0.2, -0.15) is 0 Å². The molecule has 1 aliphatic heterocycles. The Balaban J connectivity index is 2.69. The van der Waals surface area contributed by atoms with Gasteiger partial charge in [-0.05, 0) is 0 Å². The molecule has 1 fully saturated rings. The van der Waals surface area contributed by atoms with E-state index >= 15 is 0 Å². The Bertz CT molecular complexity index is 235. The topological polar surface area (TPSA) is 54.0 Å². The molecule has 5 nitrogen and oxygen atoms in total. The average molecular weight is 250 g/mol. The molecule has 16 heavy (non-hydrogen) atoms. The van der Waals surface area contributed by atoms with E-state index < -0.39 is 0 Å². The largest absolute Gasteiger partial charge is 0.449 e. The van der Waals surface area contributed by atoms with Gasteiger partial charge in [0.1, 0.15) is 12.2 Å². The lowest BCUT2D eigenvalue weighted by atomic mass is 10.1. The molecule has 0 spiro atoms. The van der Waals surface area contributed by atoms with Crippen molar-refractivity contribution < 1.29 is 23.7 Å². The van der Waals surface area contributed by atoms with E-state index in [2.05, 4.69) is 0 Å². The van der Waals surface area contributed by atoms with Crippen LogP contribution in [-0.4, -0.2) is 56.8 Å². The van der Waals surface area contributed by atoms with Gasteiger partial charge in [0.2, 0.25) is 0 Å². The Hall–Kier alpha value is -0.300. The highest BCUT2D eigenvalue weighted by Crippen LogP contribution is 2.38. The van der Waals surface area contributed by atoms with Gasteiger partial charge < -0.3 is 18.9 Å². The van der Waals surface area contributed by atoms with Gasteiger partial charge in [-0.3, -0.25) is 4.79 Å². The lowest BCUT2D eigenvalue weighted by molar-refractivity contribution is -0.150. The summed E-state index contributed by atoms with van der Waals surface area (Å²) in [7, 11) is 4.84. The van der Waals surface area contributed by atoms with Crippen LogP contribution in [0.3, 0.4) is 0 Å². The third kappa shape index (κ3) is 3.10. The van der Waals surface area contributed by atoms with E-state index in [0.717, 1.165) is 0 Å². The lowest BCUT2D eigenvalue weighted by Gasteiger charge is -2.22. The molecule has 6 heteroatoms. The molecule has 0 amide bonds. The van der Waals surface area contributed by atoms with Crippen molar-refractivity contribution in [2.24, 2.45) is 0 Å². The van der Waals surface area contributed by atoms with Crippen LogP contribution in [0.15, 0.2) is 0 Å². The molecule has 4 atom stereocenters. The van der Waals surface area contributed by atoms with Crippen molar-refractivity contribution in [3.8, 4) is 0 Å². The number of carbonyl (C=O) groups excluding carboxylic acids is 1. The zero-order valence-electron chi connectivity index (χ0n) is 9.97. The average Bonchev–Trinajstić information content (AvgIpc) is 2.54. The highest BCUT2D eigenvalue weighted by molar-refractivity contribution is 8.00. The van der Waals surface area contributed by atoms with Crippen molar-refractivity contribution in [3.63, 3.8) is 0 Å². The number of methoxy groups -OCH3 is 3. The van der Waals surface area contributed by atoms with Crippen LogP contribution < -0.4 is 0 Å². The fourth-order valence-corrected chi connectivity index (χ4v) is 3.37. The third-order valence-electron chi connectivity index (χ3n) is 2.42. The van der Waals surface area contributed by atoms with Crippen LogP contribution in [0, 0.1) is 0 Å². The Morgan fingerprint density at radius 1 is 1.19 bits per heavy atom. The minimum absolute atomic E-state index is 0.115. The Morgan fingerprint density at radius 2 is 1.81 bits per heavy atom. The van der Waals surface area contributed by atoms with E-state index in [0.29, 0.717) is 6.61 Å². The molecule has 0 bridgehead atoms. The molecular weight excluding hydrogens is 232 g/mol. The molecule has 0 radical (unpaired) electrons. The van der Waals surface area contributed by atoms with Crippen molar-refractivity contribution in [1.82, 2.24) is 0 Å². The Labute approximate surface area is 99.8 Å². The zero-order valence-corrected chi connectivity index (χ0v) is 10.8. The second-order valence-corrected chi connectivity index (χ2v) is 4.85. The molecule has 1 aliphatic rings. The number of esters is 1. The Morgan fingerprint density at radius 3 is 2.25 bits per heavy atom. The molecule has 0 aromatic heterocycles. The van der Waals surface area contributed by atoms with Gasteiger partial charge in [0.15, 0.2) is 5.44 Å². The quantitative estimate of drug-likeness (QED) is 0.668. The molecule has 0 N–H and O–H groups in total. The lowest BCUT2D eigenvalue weighted by Crippen LogP contribution is -2.38. The number of hydrogen-bond acceptors (Lipinski definition) is 6. The summed E-state index contributed by atoms with van der Waals surface area (Å²) in [6.45, 7) is 1.93. The van der Waals surface area contributed by atoms with Gasteiger partial charge in [0.25, 0.3) is 0 Å². The first-order chi connectivity index (χ1) is 7.63. The maximum absolute atomic E-state index is 11.0. The normalized spacial score (nSPS) is 34.0. The van der Waals surface area contributed by atoms with Gasteiger partial charge in [0, 0.05) is 28.3 Å². The highest BCUT2D eigenvalue weighted by atomic mass is 32.2. The first-order valence-corrected chi connectivity index (χ1v) is 5.95. The van der Waals surface area contributed by atoms with Crippen molar-refractivity contribution in [1.29, 1.82) is 0 Å². The summed E-state index contributed by atoms with van der Waals surface area (Å²) < 4.78 is 21.0. The summed E-state index contributed by atoms with van der Waals surface area (Å²) in [5.74, 6) is -0.313. The van der Waals surface area contributed by atoms with E-state index in [1.54, 1.807) is 21.3 Å². The Kier molecular flexibility index (Phi) is 5.54. The van der Waals surface area contributed by atoms with Gasteiger partial charge in [0.05, 0.1) is 11.9 Å². The molecule has 1 unspecified atom stereocenters. The first kappa shape index (κ1) is 13.8. The highest BCUT2D eigenvalue weighted by Gasteiger charge is 2.46. The smallest absolute Gasteiger partial charge is 0.303 e. The van der Waals surface area contributed by atoms with Crippen LogP contribution in [0.5, 0.6) is 0 Å². The summed E-state index contributed by atoms with van der Waals surface area (Å²) >= 11 is 1.51. The van der Waals surface area contributed by atoms with E-state index in [1.807, 2.05) is 0 Å². The van der Waals surface area contributed by atoms with Gasteiger partial charge >= 0.3 is 5.97 Å². The summed E-state index contributed by atoms with van der Waals surface area (Å²) in [4.78, 5) is 11.0. The summed E-state index contributed by atoms with van der Waals surface area (Å²) in [6, 6.07) is 0. The van der Waals surface area contributed by atoms with E-state index in [4.69, 9.17) is 18.9 Å². The predicted molar refractivity (Wildman–Crippen MR) is 60.4 cm³/mol. The van der Waals surface area contributed by atoms with Gasteiger partial charge in [-0.15, -0.1) is 11.8 Å².